The molecule has 1 aliphatic rings. The van der Waals surface area contributed by atoms with Crippen LogP contribution in [0.2, 0.25) is 0 Å². The average Bonchev–Trinajstić information content (AvgIpc) is 2.75. The molecule has 1 aliphatic heterocycles. The van der Waals surface area contributed by atoms with Gasteiger partial charge in [0.1, 0.15) is 5.75 Å². The first-order chi connectivity index (χ1) is 14.1. The second-order valence-electron chi connectivity index (χ2n) is 7.39. The third-order valence-electron chi connectivity index (χ3n) is 4.97. The highest BCUT2D eigenvalue weighted by atomic mass is 35.5. The second kappa shape index (κ2) is 12.2. The van der Waals surface area contributed by atoms with Gasteiger partial charge in [-0.3, -0.25) is 9.59 Å². The lowest BCUT2D eigenvalue weighted by Crippen LogP contribution is -2.47. The number of nitrogens with one attached hydrogen (secondary N) is 3. The van der Waals surface area contributed by atoms with Crippen molar-refractivity contribution in [2.45, 2.75) is 38.6 Å². The third-order valence-corrected chi connectivity index (χ3v) is 4.97. The van der Waals surface area contributed by atoms with Crippen molar-refractivity contribution in [2.75, 3.05) is 25.0 Å². The van der Waals surface area contributed by atoms with Crippen LogP contribution >= 0.6 is 12.4 Å². The molecule has 0 bridgehead atoms. The van der Waals surface area contributed by atoms with Crippen molar-refractivity contribution in [3.05, 3.63) is 59.7 Å². The van der Waals surface area contributed by atoms with Crippen LogP contribution in [0.1, 0.15) is 30.4 Å². The number of ether oxygens (including phenoxy) is 1. The van der Waals surface area contributed by atoms with Gasteiger partial charge in [-0.05, 0) is 62.6 Å². The highest BCUT2D eigenvalue weighted by Crippen LogP contribution is 2.13. The van der Waals surface area contributed by atoms with Gasteiger partial charge in [-0.15, -0.1) is 12.4 Å². The summed E-state index contributed by atoms with van der Waals surface area (Å²) in [5.41, 5.74) is 3.01. The van der Waals surface area contributed by atoms with Gasteiger partial charge in [-0.1, -0.05) is 36.2 Å². The monoisotopic (exact) mass is 431 g/mol. The largest absolute Gasteiger partial charge is 0.484 e. The fraction of sp³-hybridized carbons (Fsp3) is 0.391. The minimum atomic E-state index is -0.197. The van der Waals surface area contributed by atoms with Crippen molar-refractivity contribution in [2.24, 2.45) is 0 Å². The number of anilines is 1. The smallest absolute Gasteiger partial charge is 0.262 e. The number of hydrogen-bond donors (Lipinski definition) is 3. The van der Waals surface area contributed by atoms with E-state index in [9.17, 15) is 9.59 Å². The van der Waals surface area contributed by atoms with Crippen LogP contribution in [0.3, 0.4) is 0 Å². The van der Waals surface area contributed by atoms with Crippen LogP contribution in [0, 0.1) is 6.92 Å². The summed E-state index contributed by atoms with van der Waals surface area (Å²) in [4.78, 5) is 24.1. The lowest BCUT2D eigenvalue weighted by Gasteiger charge is -2.22. The van der Waals surface area contributed by atoms with Crippen molar-refractivity contribution in [1.29, 1.82) is 0 Å². The van der Waals surface area contributed by atoms with Gasteiger partial charge in [0, 0.05) is 12.2 Å². The minimum Gasteiger partial charge on any atom is -0.484 e. The third kappa shape index (κ3) is 7.69. The van der Waals surface area contributed by atoms with E-state index in [2.05, 4.69) is 16.0 Å². The minimum absolute atomic E-state index is 0. The van der Waals surface area contributed by atoms with Gasteiger partial charge in [0.15, 0.2) is 6.61 Å². The molecule has 1 atom stereocenters. The molecule has 1 unspecified atom stereocenters. The summed E-state index contributed by atoms with van der Waals surface area (Å²) < 4.78 is 5.55. The number of carbonyl (C=O) groups is 2. The Morgan fingerprint density at radius 2 is 1.80 bits per heavy atom. The van der Waals surface area contributed by atoms with Gasteiger partial charge in [-0.2, -0.15) is 0 Å². The molecule has 3 N–H and O–H groups in total. The summed E-state index contributed by atoms with van der Waals surface area (Å²) in [5.74, 6) is 0.532. The van der Waals surface area contributed by atoms with Gasteiger partial charge >= 0.3 is 0 Å². The van der Waals surface area contributed by atoms with Gasteiger partial charge in [0.25, 0.3) is 5.91 Å². The van der Waals surface area contributed by atoms with E-state index in [1.54, 1.807) is 0 Å². The predicted octanol–water partition coefficient (Wildman–Crippen LogP) is 3.24. The summed E-state index contributed by atoms with van der Waals surface area (Å²) in [6.07, 6.45) is 3.92. The first-order valence-electron chi connectivity index (χ1n) is 10.2. The summed E-state index contributed by atoms with van der Waals surface area (Å²) in [7, 11) is 0. The van der Waals surface area contributed by atoms with Gasteiger partial charge in [0.2, 0.25) is 5.91 Å². The molecule has 1 saturated heterocycles. The van der Waals surface area contributed by atoms with Crippen molar-refractivity contribution >= 4 is 29.9 Å². The maximum atomic E-state index is 12.1. The van der Waals surface area contributed by atoms with Gasteiger partial charge < -0.3 is 20.7 Å². The van der Waals surface area contributed by atoms with Crippen molar-refractivity contribution in [3.8, 4) is 5.75 Å². The molecule has 162 valence electrons. The molecule has 1 heterocycles. The van der Waals surface area contributed by atoms with E-state index in [4.69, 9.17) is 4.74 Å². The van der Waals surface area contributed by atoms with E-state index in [-0.39, 0.29) is 36.9 Å². The number of amides is 2. The molecule has 0 spiro atoms. The Morgan fingerprint density at radius 3 is 2.47 bits per heavy atom. The first kappa shape index (κ1) is 23.7. The SMILES string of the molecule is Cc1ccc(NC(=O)COc2ccc(CCNC(=O)C3CCCCN3)cc2)cc1.Cl. The summed E-state index contributed by atoms with van der Waals surface area (Å²) in [6, 6.07) is 15.2. The Morgan fingerprint density at radius 1 is 1.07 bits per heavy atom. The van der Waals surface area contributed by atoms with Crippen LogP contribution < -0.4 is 20.7 Å². The van der Waals surface area contributed by atoms with Crippen LogP contribution in [-0.2, 0) is 16.0 Å². The van der Waals surface area contributed by atoms with Crippen LogP contribution in [-0.4, -0.2) is 37.6 Å². The maximum absolute atomic E-state index is 12.1. The Labute approximate surface area is 184 Å². The molecule has 0 aromatic heterocycles. The first-order valence-corrected chi connectivity index (χ1v) is 10.2. The fourth-order valence-corrected chi connectivity index (χ4v) is 3.26. The topological polar surface area (TPSA) is 79.5 Å². The Balaban J connectivity index is 0.00000320. The zero-order chi connectivity index (χ0) is 20.5. The van der Waals surface area contributed by atoms with Gasteiger partial charge in [-0.25, -0.2) is 0 Å². The highest BCUT2D eigenvalue weighted by Gasteiger charge is 2.19. The number of rotatable bonds is 8. The number of piperidine rings is 1. The van der Waals surface area contributed by atoms with Gasteiger partial charge in [0.05, 0.1) is 6.04 Å². The van der Waals surface area contributed by atoms with Crippen molar-refractivity contribution in [1.82, 2.24) is 10.6 Å². The molecule has 2 aromatic carbocycles. The molecule has 0 aliphatic carbocycles. The van der Waals surface area contributed by atoms with E-state index in [0.29, 0.717) is 12.3 Å². The number of carbonyl (C=O) groups excluding carboxylic acids is 2. The van der Waals surface area contributed by atoms with E-state index < -0.39 is 0 Å². The molecule has 6 nitrogen and oxygen atoms in total. The fourth-order valence-electron chi connectivity index (χ4n) is 3.26. The normalized spacial score (nSPS) is 15.6. The van der Waals surface area contributed by atoms with Crippen molar-refractivity contribution < 1.29 is 14.3 Å². The predicted molar refractivity (Wildman–Crippen MR) is 121 cm³/mol. The van der Waals surface area contributed by atoms with Crippen LogP contribution in [0.25, 0.3) is 0 Å². The van der Waals surface area contributed by atoms with E-state index in [1.165, 1.54) is 0 Å². The maximum Gasteiger partial charge on any atom is 0.262 e. The van der Waals surface area contributed by atoms with E-state index in [0.717, 1.165) is 49.0 Å². The average molecular weight is 432 g/mol. The molecule has 30 heavy (non-hydrogen) atoms. The lowest BCUT2D eigenvalue weighted by atomic mass is 10.0. The standard InChI is InChI=1S/C23H29N3O3.ClH/c1-17-5-9-19(10-6-17)26-22(27)16-29-20-11-7-18(8-12-20)13-15-25-23(28)21-4-2-3-14-24-21;/h5-12,21,24H,2-4,13-16H2,1H3,(H,25,28)(H,26,27);1H. The summed E-state index contributed by atoms with van der Waals surface area (Å²) in [5, 5.41) is 9.06. The Bertz CT molecular complexity index is 803. The van der Waals surface area contributed by atoms with E-state index >= 15 is 0 Å². The van der Waals surface area contributed by atoms with Crippen LogP contribution in [0.5, 0.6) is 5.75 Å². The van der Waals surface area contributed by atoms with E-state index in [1.807, 2.05) is 55.5 Å². The van der Waals surface area contributed by atoms with Crippen LogP contribution in [0.4, 0.5) is 5.69 Å². The summed E-state index contributed by atoms with van der Waals surface area (Å²) >= 11 is 0. The quantitative estimate of drug-likeness (QED) is 0.599. The molecule has 3 rings (SSSR count). The summed E-state index contributed by atoms with van der Waals surface area (Å²) in [6.45, 7) is 3.48. The van der Waals surface area contributed by atoms with Crippen molar-refractivity contribution in [3.63, 3.8) is 0 Å². The second-order valence-corrected chi connectivity index (χ2v) is 7.39. The molecular formula is C23H30ClN3O3. The molecule has 7 heteroatoms. The molecule has 2 amide bonds. The van der Waals surface area contributed by atoms with Crippen LogP contribution in [0.15, 0.2) is 48.5 Å². The zero-order valence-electron chi connectivity index (χ0n) is 17.3. The number of aryl methyl sites for hydroxylation is 1. The molecule has 1 fully saturated rings. The highest BCUT2D eigenvalue weighted by molar-refractivity contribution is 5.91. The molecule has 0 radical (unpaired) electrons. The zero-order valence-corrected chi connectivity index (χ0v) is 18.1. The molecular weight excluding hydrogens is 402 g/mol. The molecule has 2 aromatic rings. The Hall–Kier alpha value is -2.57. The lowest BCUT2D eigenvalue weighted by molar-refractivity contribution is -0.123. The Kier molecular flexibility index (Phi) is 9.64. The number of halogens is 1. The number of hydrogen-bond acceptors (Lipinski definition) is 4. The molecule has 0 saturated carbocycles. The number of benzene rings is 2.